The lowest BCUT2D eigenvalue weighted by Crippen LogP contribution is -2.42. The molecule has 7 atom stereocenters. The van der Waals surface area contributed by atoms with Gasteiger partial charge >= 0.3 is 4.87 Å². The van der Waals surface area contributed by atoms with Crippen LogP contribution >= 0.6 is 39.0 Å². The number of fused-ring (bicyclic) bond motifs is 9. The first-order valence-corrected chi connectivity index (χ1v) is 17.1. The number of amides is 3. The van der Waals surface area contributed by atoms with E-state index in [2.05, 4.69) is 26.2 Å². The van der Waals surface area contributed by atoms with E-state index in [1.165, 1.54) is 40.5 Å². The molecule has 2 aliphatic heterocycles. The van der Waals surface area contributed by atoms with Gasteiger partial charge in [0, 0.05) is 26.2 Å². The number of nitrogens with one attached hydrogen (secondary N) is 2. The second kappa shape index (κ2) is 11.0. The topological polar surface area (TPSA) is 109 Å². The molecule has 3 fully saturated rings. The molecule has 8 nitrogen and oxygen atoms in total. The molecular formula is C33H25BrFN3O5S2. The minimum atomic E-state index is -0.387. The van der Waals surface area contributed by atoms with Crippen molar-refractivity contribution in [3.8, 4) is 5.75 Å². The molecule has 1 aromatic heterocycles. The number of aromatic amines is 1. The molecule has 2 bridgehead atoms. The predicted octanol–water partition coefficient (Wildman–Crippen LogP) is 6.03. The molecule has 3 heterocycles. The number of hydrogen-bond donors (Lipinski definition) is 2. The molecule has 8 rings (SSSR count). The molecule has 2 saturated carbocycles. The fraction of sp³-hybridized carbons (Fsp3) is 0.273. The number of thiazole rings is 1. The molecular weight excluding hydrogens is 681 g/mol. The monoisotopic (exact) mass is 705 g/mol. The van der Waals surface area contributed by atoms with Gasteiger partial charge in [-0.05, 0) is 90.4 Å². The number of benzene rings is 3. The number of carbonyl (C=O) groups excluding carboxylic acids is 3. The highest BCUT2D eigenvalue weighted by atomic mass is 79.9. The number of rotatable bonds is 6. The Morgan fingerprint density at radius 2 is 1.64 bits per heavy atom. The maximum Gasteiger partial charge on any atom is 0.305 e. The Bertz CT molecular complexity index is 1900. The van der Waals surface area contributed by atoms with Crippen LogP contribution in [-0.2, 0) is 14.4 Å². The van der Waals surface area contributed by atoms with Gasteiger partial charge in [0.2, 0.25) is 11.8 Å². The molecule has 0 spiro atoms. The first kappa shape index (κ1) is 28.7. The number of H-pyrrole nitrogens is 1. The summed E-state index contributed by atoms with van der Waals surface area (Å²) in [6, 6.07) is 20.3. The number of imide groups is 1. The van der Waals surface area contributed by atoms with Gasteiger partial charge in [0.1, 0.15) is 11.6 Å². The Hall–Kier alpha value is -3.74. The van der Waals surface area contributed by atoms with Crippen LogP contribution in [0.3, 0.4) is 0 Å². The summed E-state index contributed by atoms with van der Waals surface area (Å²) in [5, 5.41) is 3.61. The highest BCUT2D eigenvalue weighted by molar-refractivity contribution is 9.10. The summed E-state index contributed by atoms with van der Waals surface area (Å²) in [7, 11) is 0. The van der Waals surface area contributed by atoms with Gasteiger partial charge in [-0.25, -0.2) is 4.39 Å². The Kier molecular flexibility index (Phi) is 6.99. The van der Waals surface area contributed by atoms with E-state index in [0.29, 0.717) is 17.1 Å². The largest absolute Gasteiger partial charge is 0.484 e. The fourth-order valence-electron chi connectivity index (χ4n) is 7.89. The third kappa shape index (κ3) is 4.76. The quantitative estimate of drug-likeness (QED) is 0.237. The Balaban J connectivity index is 1.05. The van der Waals surface area contributed by atoms with Crippen LogP contribution in [-0.4, -0.2) is 34.6 Å². The minimum absolute atomic E-state index is 0.0100. The smallest absolute Gasteiger partial charge is 0.305 e. The molecule has 0 radical (unpaired) electrons. The van der Waals surface area contributed by atoms with Crippen molar-refractivity contribution in [2.75, 3.05) is 16.8 Å². The lowest BCUT2D eigenvalue weighted by molar-refractivity contribution is -0.123. The molecule has 4 aromatic rings. The molecule has 3 aromatic carbocycles. The highest BCUT2D eigenvalue weighted by Gasteiger charge is 2.69. The van der Waals surface area contributed by atoms with Crippen molar-refractivity contribution in [2.45, 2.75) is 22.6 Å². The summed E-state index contributed by atoms with van der Waals surface area (Å²) in [4.78, 5) is 57.9. The fourth-order valence-corrected chi connectivity index (χ4v) is 11.0. The standard InChI is InChI=1S/C33H25BrFN3O5S2/c34-16-3-9-19(10-4-16)38-31(40)26-21-13-22(27(26)32(38)41)28-25(21)24(29-30(44-28)37-33(42)45-29)15-1-11-20(12-2-15)43-14-23(39)36-18-7-5-17(35)6-8-18/h1-12,21-22,24-28H,13-14H2,(H,36,39)(H,37,42)/t21-,22-,24+,25-,26+,27+,28-/m1/s1. The van der Waals surface area contributed by atoms with Crippen LogP contribution < -0.4 is 19.8 Å². The second-order valence-corrected chi connectivity index (χ2v) is 15.0. The van der Waals surface area contributed by atoms with Crippen molar-refractivity contribution in [2.24, 2.45) is 29.6 Å². The summed E-state index contributed by atoms with van der Waals surface area (Å²) in [5.74, 6) is -1.23. The Morgan fingerprint density at radius 3 is 2.36 bits per heavy atom. The third-order valence-electron chi connectivity index (χ3n) is 9.55. The zero-order valence-corrected chi connectivity index (χ0v) is 26.7. The van der Waals surface area contributed by atoms with E-state index in [1.54, 1.807) is 23.9 Å². The average molecular weight is 707 g/mol. The van der Waals surface area contributed by atoms with Gasteiger partial charge in [-0.2, -0.15) is 0 Å². The van der Waals surface area contributed by atoms with Crippen molar-refractivity contribution < 1.29 is 23.5 Å². The van der Waals surface area contributed by atoms with Gasteiger partial charge in [-0.1, -0.05) is 39.4 Å². The van der Waals surface area contributed by atoms with Crippen LogP contribution in [0.15, 0.2) is 87.1 Å². The van der Waals surface area contributed by atoms with E-state index in [4.69, 9.17) is 4.74 Å². The number of aromatic nitrogens is 1. The number of ether oxygens (including phenoxy) is 1. The maximum absolute atomic E-state index is 13.9. The molecule has 1 saturated heterocycles. The van der Waals surface area contributed by atoms with Gasteiger partial charge in [0.25, 0.3) is 5.91 Å². The first-order chi connectivity index (χ1) is 21.8. The molecule has 2 N–H and O–H groups in total. The van der Waals surface area contributed by atoms with Crippen molar-refractivity contribution in [3.63, 3.8) is 0 Å². The molecule has 3 amide bonds. The van der Waals surface area contributed by atoms with Gasteiger partial charge in [-0.15, -0.1) is 11.8 Å². The Labute approximate surface area is 273 Å². The van der Waals surface area contributed by atoms with Crippen molar-refractivity contribution in [3.05, 3.63) is 103 Å². The zero-order valence-electron chi connectivity index (χ0n) is 23.4. The third-order valence-corrected chi connectivity index (χ3v) is 12.7. The normalized spacial score (nSPS) is 27.7. The van der Waals surface area contributed by atoms with Gasteiger partial charge in [0.05, 0.1) is 22.5 Å². The lowest BCUT2D eigenvalue weighted by atomic mass is 9.68. The Morgan fingerprint density at radius 1 is 0.956 bits per heavy atom. The number of carbonyl (C=O) groups is 3. The molecule has 45 heavy (non-hydrogen) atoms. The number of anilines is 2. The summed E-state index contributed by atoms with van der Waals surface area (Å²) in [5.41, 5.74) is 2.07. The van der Waals surface area contributed by atoms with E-state index in [9.17, 15) is 23.6 Å². The summed E-state index contributed by atoms with van der Waals surface area (Å²) < 4.78 is 19.8. The van der Waals surface area contributed by atoms with E-state index in [-0.39, 0.29) is 75.8 Å². The predicted molar refractivity (Wildman–Crippen MR) is 172 cm³/mol. The highest BCUT2D eigenvalue weighted by Crippen LogP contribution is 2.68. The summed E-state index contributed by atoms with van der Waals surface area (Å²) in [6.07, 6.45) is 0.809. The molecule has 228 valence electrons. The van der Waals surface area contributed by atoms with E-state index in [1.807, 2.05) is 36.4 Å². The average Bonchev–Trinajstić information content (AvgIpc) is 3.77. The maximum atomic E-state index is 13.9. The number of hydrogen-bond acceptors (Lipinski definition) is 7. The molecule has 4 aliphatic rings. The molecule has 2 aliphatic carbocycles. The van der Waals surface area contributed by atoms with E-state index >= 15 is 0 Å². The van der Waals surface area contributed by atoms with Crippen LogP contribution in [0.25, 0.3) is 0 Å². The summed E-state index contributed by atoms with van der Waals surface area (Å²) >= 11 is 6.29. The van der Waals surface area contributed by atoms with Crippen molar-refractivity contribution in [1.82, 2.24) is 4.98 Å². The van der Waals surface area contributed by atoms with Crippen LogP contribution in [0.1, 0.15) is 22.8 Å². The molecule has 12 heteroatoms. The SMILES string of the molecule is O=C(COc1ccc([C@@H]2c3sc(=O)[nH]c3S[C@@H]3[C@@H]4C[C@@H]([C@@H]5C(=O)N(c6ccc(Br)cc6)C(=O)[C@@H]45)[C@H]23)cc1)Nc1ccc(F)cc1. The van der Waals surface area contributed by atoms with Crippen LogP contribution in [0.5, 0.6) is 5.75 Å². The number of thioether (sulfide) groups is 1. The number of halogens is 2. The minimum Gasteiger partial charge on any atom is -0.484 e. The zero-order chi connectivity index (χ0) is 31.0. The summed E-state index contributed by atoms with van der Waals surface area (Å²) in [6.45, 7) is -0.219. The van der Waals surface area contributed by atoms with Gasteiger partial charge < -0.3 is 15.0 Å². The van der Waals surface area contributed by atoms with Crippen molar-refractivity contribution in [1.29, 1.82) is 0 Å². The van der Waals surface area contributed by atoms with Crippen LogP contribution in [0.4, 0.5) is 15.8 Å². The van der Waals surface area contributed by atoms with E-state index in [0.717, 1.165) is 26.4 Å². The van der Waals surface area contributed by atoms with Gasteiger partial charge in [0.15, 0.2) is 6.61 Å². The van der Waals surface area contributed by atoms with Crippen LogP contribution in [0.2, 0.25) is 0 Å². The van der Waals surface area contributed by atoms with Crippen molar-refractivity contribution >= 4 is 68.1 Å². The van der Waals surface area contributed by atoms with E-state index < -0.39 is 0 Å². The van der Waals surface area contributed by atoms with Crippen LogP contribution in [0, 0.1) is 35.4 Å². The number of nitrogens with zero attached hydrogens (tertiary/aromatic N) is 1. The van der Waals surface area contributed by atoms with Gasteiger partial charge in [-0.3, -0.25) is 24.1 Å². The first-order valence-electron chi connectivity index (χ1n) is 14.6. The lowest BCUT2D eigenvalue weighted by Gasteiger charge is -2.43. The molecule has 0 unspecified atom stereocenters. The second-order valence-electron chi connectivity index (χ2n) is 11.9.